The smallest absolute Gasteiger partial charge is 0.255 e. The van der Waals surface area contributed by atoms with E-state index >= 15 is 0 Å². The van der Waals surface area contributed by atoms with Gasteiger partial charge in [0.25, 0.3) is 5.91 Å². The summed E-state index contributed by atoms with van der Waals surface area (Å²) in [5.41, 5.74) is 3.24. The van der Waals surface area contributed by atoms with E-state index in [9.17, 15) is 4.79 Å². The molecule has 0 saturated heterocycles. The topological polar surface area (TPSA) is 80.0 Å². The van der Waals surface area contributed by atoms with Crippen molar-refractivity contribution in [1.29, 1.82) is 0 Å². The third kappa shape index (κ3) is 4.23. The van der Waals surface area contributed by atoms with Crippen molar-refractivity contribution in [2.75, 3.05) is 10.6 Å². The molecular weight excluding hydrogens is 316 g/mol. The number of nitrogens with zero attached hydrogens (tertiary/aromatic N) is 2. The summed E-state index contributed by atoms with van der Waals surface area (Å²) in [5.74, 6) is 1.06. The Morgan fingerprint density at radius 1 is 1.16 bits per heavy atom. The molecule has 0 aliphatic carbocycles. The molecule has 0 bridgehead atoms. The fourth-order valence-corrected chi connectivity index (χ4v) is 2.35. The molecule has 0 atom stereocenters. The number of hydrogen-bond donors (Lipinski definition) is 2. The van der Waals surface area contributed by atoms with Crippen molar-refractivity contribution in [2.24, 2.45) is 0 Å². The van der Waals surface area contributed by atoms with E-state index in [4.69, 9.17) is 4.52 Å². The van der Waals surface area contributed by atoms with Gasteiger partial charge in [-0.05, 0) is 36.8 Å². The van der Waals surface area contributed by atoms with Gasteiger partial charge in [0.15, 0.2) is 5.82 Å². The number of benzene rings is 2. The minimum absolute atomic E-state index is 0.152. The van der Waals surface area contributed by atoms with Crippen molar-refractivity contribution in [2.45, 2.75) is 26.8 Å². The number of rotatable bonds is 6. The van der Waals surface area contributed by atoms with Crippen LogP contribution in [0.1, 0.15) is 34.6 Å². The number of hydrogen-bond acceptors (Lipinski definition) is 5. The van der Waals surface area contributed by atoms with Gasteiger partial charge in [-0.1, -0.05) is 36.3 Å². The highest BCUT2D eigenvalue weighted by Crippen LogP contribution is 2.19. The molecule has 25 heavy (non-hydrogen) atoms. The van der Waals surface area contributed by atoms with Crippen LogP contribution in [0.25, 0.3) is 0 Å². The fraction of sp³-hybridized carbons (Fsp3) is 0.211. The van der Waals surface area contributed by atoms with Crippen LogP contribution in [-0.2, 0) is 13.0 Å². The molecule has 0 saturated carbocycles. The Hall–Kier alpha value is -3.15. The van der Waals surface area contributed by atoms with E-state index in [0.29, 0.717) is 23.8 Å². The highest BCUT2D eigenvalue weighted by molar-refractivity contribution is 6.04. The molecule has 0 spiro atoms. The van der Waals surface area contributed by atoms with Crippen LogP contribution in [0, 0.1) is 6.92 Å². The zero-order valence-electron chi connectivity index (χ0n) is 14.2. The third-order valence-corrected chi connectivity index (χ3v) is 3.79. The second-order valence-corrected chi connectivity index (χ2v) is 5.66. The quantitative estimate of drug-likeness (QED) is 0.715. The Labute approximate surface area is 146 Å². The molecule has 2 N–H and O–H groups in total. The molecule has 0 unspecified atom stereocenters. The predicted octanol–water partition coefficient (Wildman–Crippen LogP) is 3.80. The molecule has 0 aliphatic rings. The van der Waals surface area contributed by atoms with Crippen molar-refractivity contribution in [3.05, 3.63) is 71.4 Å². The summed E-state index contributed by atoms with van der Waals surface area (Å²) in [7, 11) is 0. The van der Waals surface area contributed by atoms with Crippen LogP contribution in [0.5, 0.6) is 0 Å². The van der Waals surface area contributed by atoms with Crippen molar-refractivity contribution in [3.8, 4) is 0 Å². The number of anilines is 2. The van der Waals surface area contributed by atoms with Gasteiger partial charge < -0.3 is 15.2 Å². The number of aryl methyl sites for hydroxylation is 2. The normalized spacial score (nSPS) is 10.5. The zero-order valence-corrected chi connectivity index (χ0v) is 14.2. The van der Waals surface area contributed by atoms with E-state index in [1.807, 2.05) is 56.3 Å². The van der Waals surface area contributed by atoms with Gasteiger partial charge in [0, 0.05) is 23.4 Å². The van der Waals surface area contributed by atoms with E-state index in [1.165, 1.54) is 0 Å². The van der Waals surface area contributed by atoms with Crippen LogP contribution in [0.15, 0.2) is 53.1 Å². The van der Waals surface area contributed by atoms with Gasteiger partial charge in [-0.3, -0.25) is 4.79 Å². The molecule has 6 heteroatoms. The maximum atomic E-state index is 12.4. The summed E-state index contributed by atoms with van der Waals surface area (Å²) >= 11 is 0. The van der Waals surface area contributed by atoms with Crippen LogP contribution < -0.4 is 10.6 Å². The van der Waals surface area contributed by atoms with E-state index in [0.717, 1.165) is 23.4 Å². The summed E-state index contributed by atoms with van der Waals surface area (Å²) in [6.45, 7) is 4.37. The zero-order chi connectivity index (χ0) is 17.6. The number of para-hydroxylation sites is 1. The molecule has 6 nitrogen and oxygen atoms in total. The van der Waals surface area contributed by atoms with E-state index in [1.54, 1.807) is 6.07 Å². The summed E-state index contributed by atoms with van der Waals surface area (Å²) in [6, 6.07) is 14.9. The molecule has 0 fully saturated rings. The van der Waals surface area contributed by atoms with E-state index in [-0.39, 0.29) is 5.91 Å². The monoisotopic (exact) mass is 336 g/mol. The van der Waals surface area contributed by atoms with E-state index < -0.39 is 0 Å². The van der Waals surface area contributed by atoms with Gasteiger partial charge in [0.1, 0.15) is 0 Å². The largest absolute Gasteiger partial charge is 0.376 e. The van der Waals surface area contributed by atoms with Crippen LogP contribution in [0.3, 0.4) is 0 Å². The summed E-state index contributed by atoms with van der Waals surface area (Å²) in [6.07, 6.45) is 0.734. The Balaban J connectivity index is 1.70. The third-order valence-electron chi connectivity index (χ3n) is 3.79. The Morgan fingerprint density at radius 2 is 1.96 bits per heavy atom. The lowest BCUT2D eigenvalue weighted by Gasteiger charge is -2.10. The first kappa shape index (κ1) is 16.7. The summed E-state index contributed by atoms with van der Waals surface area (Å²) in [4.78, 5) is 16.7. The molecule has 0 aliphatic heterocycles. The lowest BCUT2D eigenvalue weighted by Crippen LogP contribution is -2.12. The van der Waals surface area contributed by atoms with Gasteiger partial charge in [0.2, 0.25) is 5.89 Å². The van der Waals surface area contributed by atoms with Gasteiger partial charge in [-0.15, -0.1) is 0 Å². The lowest BCUT2D eigenvalue weighted by atomic mass is 10.1. The molecule has 1 aromatic heterocycles. The average molecular weight is 336 g/mol. The van der Waals surface area contributed by atoms with Crippen LogP contribution >= 0.6 is 0 Å². The first-order valence-corrected chi connectivity index (χ1v) is 8.18. The molecule has 2 aromatic carbocycles. The molecule has 0 radical (unpaired) electrons. The number of amides is 1. The average Bonchev–Trinajstić information content (AvgIpc) is 3.10. The van der Waals surface area contributed by atoms with Gasteiger partial charge in [0.05, 0.1) is 6.54 Å². The maximum Gasteiger partial charge on any atom is 0.255 e. The number of carbonyl (C=O) groups excluding carboxylic acids is 1. The van der Waals surface area contributed by atoms with Gasteiger partial charge >= 0.3 is 0 Å². The Morgan fingerprint density at radius 3 is 2.68 bits per heavy atom. The van der Waals surface area contributed by atoms with Crippen molar-refractivity contribution < 1.29 is 9.32 Å². The molecule has 3 rings (SSSR count). The molecule has 1 amide bonds. The van der Waals surface area contributed by atoms with Crippen molar-refractivity contribution in [3.63, 3.8) is 0 Å². The molecule has 1 heterocycles. The first-order valence-electron chi connectivity index (χ1n) is 8.18. The van der Waals surface area contributed by atoms with Crippen LogP contribution in [-0.4, -0.2) is 16.0 Å². The van der Waals surface area contributed by atoms with Gasteiger partial charge in [-0.2, -0.15) is 4.98 Å². The maximum absolute atomic E-state index is 12.4. The highest BCUT2D eigenvalue weighted by atomic mass is 16.5. The predicted molar refractivity (Wildman–Crippen MR) is 96.6 cm³/mol. The van der Waals surface area contributed by atoms with Crippen molar-refractivity contribution >= 4 is 17.3 Å². The number of nitrogens with one attached hydrogen (secondary N) is 2. The van der Waals surface area contributed by atoms with Crippen LogP contribution in [0.4, 0.5) is 11.4 Å². The van der Waals surface area contributed by atoms with Crippen molar-refractivity contribution in [1.82, 2.24) is 10.1 Å². The van der Waals surface area contributed by atoms with E-state index in [2.05, 4.69) is 20.8 Å². The first-order chi connectivity index (χ1) is 12.2. The minimum Gasteiger partial charge on any atom is -0.376 e. The molecule has 3 aromatic rings. The SMILES string of the molecule is CCc1noc(CNc2cc(C(=O)Nc3ccccc3)ccc2C)n1. The molecule has 128 valence electrons. The Kier molecular flexibility index (Phi) is 5.09. The minimum atomic E-state index is -0.152. The lowest BCUT2D eigenvalue weighted by molar-refractivity contribution is 0.102. The second kappa shape index (κ2) is 7.61. The van der Waals surface area contributed by atoms with Crippen LogP contribution in [0.2, 0.25) is 0 Å². The number of carbonyl (C=O) groups is 1. The Bertz CT molecular complexity index is 859. The second-order valence-electron chi connectivity index (χ2n) is 5.66. The highest BCUT2D eigenvalue weighted by Gasteiger charge is 2.10. The fourth-order valence-electron chi connectivity index (χ4n) is 2.35. The van der Waals surface area contributed by atoms with Gasteiger partial charge in [-0.25, -0.2) is 0 Å². The summed E-state index contributed by atoms with van der Waals surface area (Å²) < 4.78 is 5.17. The number of aromatic nitrogens is 2. The summed E-state index contributed by atoms with van der Waals surface area (Å²) in [5, 5.41) is 10.0. The standard InChI is InChI=1S/C19H20N4O2/c1-3-17-22-18(25-23-17)12-20-16-11-14(10-9-13(16)2)19(24)21-15-7-5-4-6-8-15/h4-11,20H,3,12H2,1-2H3,(H,21,24). The molecular formula is C19H20N4O2.